The lowest BCUT2D eigenvalue weighted by Crippen LogP contribution is -1.92. The SMILES string of the molecule is O=Nc1cc(-c2ccccc2)nc(-c2ccccc2)n1. The molecular formula is C16H11N3O. The van der Waals surface area contributed by atoms with Gasteiger partial charge in [-0.05, 0) is 5.18 Å². The molecule has 0 fully saturated rings. The molecule has 0 saturated carbocycles. The first kappa shape index (κ1) is 12.2. The molecule has 20 heavy (non-hydrogen) atoms. The van der Waals surface area contributed by atoms with E-state index < -0.39 is 0 Å². The van der Waals surface area contributed by atoms with Crippen molar-refractivity contribution >= 4 is 5.82 Å². The Balaban J connectivity index is 2.15. The number of hydrogen-bond acceptors (Lipinski definition) is 4. The number of benzene rings is 2. The van der Waals surface area contributed by atoms with Crippen LogP contribution in [0.25, 0.3) is 22.6 Å². The predicted octanol–water partition coefficient (Wildman–Crippen LogP) is 4.21. The molecule has 3 rings (SSSR count). The van der Waals surface area contributed by atoms with Crippen LogP contribution >= 0.6 is 0 Å². The lowest BCUT2D eigenvalue weighted by Gasteiger charge is -2.05. The number of nitroso groups, excluding NO2 is 1. The van der Waals surface area contributed by atoms with Crippen molar-refractivity contribution in [3.05, 3.63) is 71.6 Å². The molecule has 0 aliphatic carbocycles. The van der Waals surface area contributed by atoms with E-state index in [1.165, 1.54) is 0 Å². The third kappa shape index (κ3) is 2.44. The second kappa shape index (κ2) is 5.40. The number of rotatable bonds is 3. The summed E-state index contributed by atoms with van der Waals surface area (Å²) in [5.41, 5.74) is 2.47. The molecule has 2 aromatic carbocycles. The minimum atomic E-state index is 0.137. The van der Waals surface area contributed by atoms with E-state index in [0.717, 1.165) is 11.1 Å². The van der Waals surface area contributed by atoms with Gasteiger partial charge in [-0.1, -0.05) is 60.7 Å². The molecule has 0 spiro atoms. The van der Waals surface area contributed by atoms with Gasteiger partial charge in [-0.3, -0.25) is 0 Å². The van der Waals surface area contributed by atoms with Gasteiger partial charge < -0.3 is 0 Å². The van der Waals surface area contributed by atoms with Crippen LogP contribution in [0.5, 0.6) is 0 Å². The van der Waals surface area contributed by atoms with Gasteiger partial charge >= 0.3 is 0 Å². The monoisotopic (exact) mass is 261 g/mol. The van der Waals surface area contributed by atoms with Crippen LogP contribution < -0.4 is 0 Å². The van der Waals surface area contributed by atoms with E-state index >= 15 is 0 Å². The van der Waals surface area contributed by atoms with E-state index in [2.05, 4.69) is 15.1 Å². The van der Waals surface area contributed by atoms with Gasteiger partial charge in [0.2, 0.25) is 5.82 Å². The van der Waals surface area contributed by atoms with Crippen molar-refractivity contribution in [3.63, 3.8) is 0 Å². The molecule has 0 aliphatic rings. The molecule has 3 aromatic rings. The Morgan fingerprint density at radius 2 is 1.35 bits per heavy atom. The van der Waals surface area contributed by atoms with Crippen molar-refractivity contribution in [1.82, 2.24) is 9.97 Å². The Hall–Kier alpha value is -2.88. The molecule has 4 nitrogen and oxygen atoms in total. The van der Waals surface area contributed by atoms with E-state index in [1.807, 2.05) is 60.7 Å². The van der Waals surface area contributed by atoms with E-state index in [4.69, 9.17) is 0 Å². The molecule has 4 heteroatoms. The van der Waals surface area contributed by atoms with Gasteiger partial charge in [-0.2, -0.15) is 0 Å². The summed E-state index contributed by atoms with van der Waals surface area (Å²) in [6.45, 7) is 0. The van der Waals surface area contributed by atoms with Crippen molar-refractivity contribution < 1.29 is 0 Å². The highest BCUT2D eigenvalue weighted by molar-refractivity contribution is 5.66. The molecule has 0 atom stereocenters. The molecule has 1 aromatic heterocycles. The summed E-state index contributed by atoms with van der Waals surface area (Å²) < 4.78 is 0. The Morgan fingerprint density at radius 1 is 0.750 bits per heavy atom. The first-order chi connectivity index (χ1) is 9.86. The van der Waals surface area contributed by atoms with E-state index in [0.29, 0.717) is 11.5 Å². The predicted molar refractivity (Wildman–Crippen MR) is 78.4 cm³/mol. The molecule has 0 unspecified atom stereocenters. The maximum atomic E-state index is 10.8. The van der Waals surface area contributed by atoms with E-state index in [-0.39, 0.29) is 5.82 Å². The van der Waals surface area contributed by atoms with Crippen LogP contribution in [0.3, 0.4) is 0 Å². The first-order valence-electron chi connectivity index (χ1n) is 6.20. The van der Waals surface area contributed by atoms with E-state index in [1.54, 1.807) is 6.07 Å². The van der Waals surface area contributed by atoms with Gasteiger partial charge in [0, 0.05) is 17.2 Å². The topological polar surface area (TPSA) is 55.2 Å². The Kier molecular flexibility index (Phi) is 3.29. The fourth-order valence-electron chi connectivity index (χ4n) is 1.95. The average molecular weight is 261 g/mol. The summed E-state index contributed by atoms with van der Waals surface area (Å²) >= 11 is 0. The minimum absolute atomic E-state index is 0.137. The third-order valence-corrected chi connectivity index (χ3v) is 2.91. The second-order valence-corrected chi connectivity index (χ2v) is 4.26. The van der Waals surface area contributed by atoms with Crippen LogP contribution in [-0.2, 0) is 0 Å². The number of nitrogens with zero attached hydrogens (tertiary/aromatic N) is 3. The molecular weight excluding hydrogens is 250 g/mol. The maximum absolute atomic E-state index is 10.8. The fourth-order valence-corrected chi connectivity index (χ4v) is 1.95. The largest absolute Gasteiger partial charge is 0.228 e. The number of aromatic nitrogens is 2. The van der Waals surface area contributed by atoms with Crippen LogP contribution in [0, 0.1) is 4.91 Å². The summed E-state index contributed by atoms with van der Waals surface area (Å²) in [5, 5.41) is 2.94. The van der Waals surface area contributed by atoms with Gasteiger partial charge in [0.25, 0.3) is 0 Å². The summed E-state index contributed by atoms with van der Waals surface area (Å²) in [6, 6.07) is 20.8. The summed E-state index contributed by atoms with van der Waals surface area (Å²) in [7, 11) is 0. The van der Waals surface area contributed by atoms with Crippen molar-refractivity contribution in [1.29, 1.82) is 0 Å². The lowest BCUT2D eigenvalue weighted by molar-refractivity contribution is 1.16. The fraction of sp³-hybridized carbons (Fsp3) is 0. The van der Waals surface area contributed by atoms with Crippen LogP contribution in [0.1, 0.15) is 0 Å². The van der Waals surface area contributed by atoms with Crippen molar-refractivity contribution in [2.75, 3.05) is 0 Å². The lowest BCUT2D eigenvalue weighted by atomic mass is 10.1. The smallest absolute Gasteiger partial charge is 0.200 e. The maximum Gasteiger partial charge on any atom is 0.200 e. The normalized spacial score (nSPS) is 10.2. The minimum Gasteiger partial charge on any atom is -0.228 e. The van der Waals surface area contributed by atoms with Crippen molar-refractivity contribution in [3.8, 4) is 22.6 Å². The van der Waals surface area contributed by atoms with Crippen LogP contribution in [-0.4, -0.2) is 9.97 Å². The summed E-state index contributed by atoms with van der Waals surface area (Å²) in [5.74, 6) is 0.638. The molecule has 0 saturated heterocycles. The molecule has 96 valence electrons. The summed E-state index contributed by atoms with van der Waals surface area (Å²) in [6.07, 6.45) is 0. The molecule has 0 bridgehead atoms. The van der Waals surface area contributed by atoms with Gasteiger partial charge in [0.15, 0.2) is 5.82 Å². The highest BCUT2D eigenvalue weighted by atomic mass is 16.3. The number of hydrogen-bond donors (Lipinski definition) is 0. The quantitative estimate of drug-likeness (QED) is 0.663. The first-order valence-corrected chi connectivity index (χ1v) is 6.20. The zero-order chi connectivity index (χ0) is 13.8. The summed E-state index contributed by atoms with van der Waals surface area (Å²) in [4.78, 5) is 19.5. The average Bonchev–Trinajstić information content (AvgIpc) is 2.56. The zero-order valence-electron chi connectivity index (χ0n) is 10.6. The molecule has 0 N–H and O–H groups in total. The molecule has 0 aliphatic heterocycles. The van der Waals surface area contributed by atoms with Crippen molar-refractivity contribution in [2.45, 2.75) is 0 Å². The van der Waals surface area contributed by atoms with Gasteiger partial charge in [0.05, 0.1) is 5.69 Å². The molecule has 1 heterocycles. The standard InChI is InChI=1S/C16H11N3O/c20-19-15-11-14(12-7-3-1-4-8-12)17-16(18-15)13-9-5-2-6-10-13/h1-11H. The Morgan fingerprint density at radius 3 is 1.95 bits per heavy atom. The highest BCUT2D eigenvalue weighted by Crippen LogP contribution is 2.25. The van der Waals surface area contributed by atoms with Crippen LogP contribution in [0.2, 0.25) is 0 Å². The van der Waals surface area contributed by atoms with Crippen LogP contribution in [0.15, 0.2) is 71.9 Å². The van der Waals surface area contributed by atoms with Gasteiger partial charge in [-0.15, -0.1) is 4.91 Å². The Bertz CT molecular complexity index is 669. The Labute approximate surface area is 116 Å². The van der Waals surface area contributed by atoms with Gasteiger partial charge in [0.1, 0.15) is 0 Å². The van der Waals surface area contributed by atoms with Crippen LogP contribution in [0.4, 0.5) is 5.82 Å². The van der Waals surface area contributed by atoms with Crippen molar-refractivity contribution in [2.24, 2.45) is 5.18 Å². The van der Waals surface area contributed by atoms with E-state index in [9.17, 15) is 4.91 Å². The van der Waals surface area contributed by atoms with Gasteiger partial charge in [-0.25, -0.2) is 9.97 Å². The molecule has 0 amide bonds. The zero-order valence-corrected chi connectivity index (χ0v) is 10.6. The third-order valence-electron chi connectivity index (χ3n) is 2.91. The second-order valence-electron chi connectivity index (χ2n) is 4.26. The molecule has 0 radical (unpaired) electrons. The highest BCUT2D eigenvalue weighted by Gasteiger charge is 2.08.